The summed E-state index contributed by atoms with van der Waals surface area (Å²) in [6.07, 6.45) is 0. The quantitative estimate of drug-likeness (QED) is 0.458. The van der Waals surface area contributed by atoms with Crippen molar-refractivity contribution in [2.45, 2.75) is 6.54 Å². The van der Waals surface area contributed by atoms with Gasteiger partial charge < -0.3 is 5.11 Å². The number of Topliss-reactive ketones (excluding diaryl/α,β-unsaturated/α-hetero) is 1. The van der Waals surface area contributed by atoms with Crippen molar-refractivity contribution in [2.24, 2.45) is 0 Å². The maximum absolute atomic E-state index is 12.6. The minimum Gasteiger partial charge on any atom is -0.393 e. The second-order valence-corrected chi connectivity index (χ2v) is 6.08. The summed E-state index contributed by atoms with van der Waals surface area (Å²) in [4.78, 5) is 15.8. The van der Waals surface area contributed by atoms with Crippen LogP contribution >= 0.6 is 15.9 Å². The molecule has 0 radical (unpaired) electrons. The van der Waals surface area contributed by atoms with Gasteiger partial charge in [-0.2, -0.15) is 0 Å². The highest BCUT2D eigenvalue weighted by atomic mass is 79.9. The SMILES string of the molecule is O=C(C[n+]1c(NCCO)[nH]c2ccccc21)c1cccc(Br)c1. The standard InChI is InChI=1S/C17H16BrN3O2/c18-13-5-3-4-12(10-13)16(23)11-21-15-7-2-1-6-14(15)20-17(21)19-8-9-22/h1-7,10,22H,8-9,11H2,(H,19,20)/p+1. The lowest BCUT2D eigenvalue weighted by atomic mass is 10.1. The largest absolute Gasteiger partial charge is 0.393 e. The molecule has 0 aliphatic heterocycles. The first-order valence-corrected chi connectivity index (χ1v) is 8.12. The van der Waals surface area contributed by atoms with E-state index in [0.29, 0.717) is 18.1 Å². The predicted molar refractivity (Wildman–Crippen MR) is 92.5 cm³/mol. The zero-order valence-corrected chi connectivity index (χ0v) is 14.0. The van der Waals surface area contributed by atoms with Crippen molar-refractivity contribution in [3.8, 4) is 0 Å². The third-order valence-electron chi connectivity index (χ3n) is 3.57. The van der Waals surface area contributed by atoms with Crippen molar-refractivity contribution in [1.82, 2.24) is 4.98 Å². The summed E-state index contributed by atoms with van der Waals surface area (Å²) in [6, 6.07) is 15.2. The summed E-state index contributed by atoms with van der Waals surface area (Å²) < 4.78 is 2.78. The third kappa shape index (κ3) is 3.43. The molecular formula is C17H17BrN3O2+. The van der Waals surface area contributed by atoms with Gasteiger partial charge in [0.05, 0.1) is 13.2 Å². The van der Waals surface area contributed by atoms with Crippen LogP contribution in [-0.2, 0) is 6.54 Å². The molecule has 23 heavy (non-hydrogen) atoms. The molecule has 2 aromatic carbocycles. The Balaban J connectivity index is 1.96. The lowest BCUT2D eigenvalue weighted by molar-refractivity contribution is -0.642. The van der Waals surface area contributed by atoms with E-state index in [4.69, 9.17) is 5.11 Å². The van der Waals surface area contributed by atoms with E-state index in [1.165, 1.54) is 0 Å². The number of aromatic nitrogens is 2. The maximum Gasteiger partial charge on any atom is 0.356 e. The molecule has 1 aromatic heterocycles. The average Bonchev–Trinajstić information content (AvgIpc) is 2.90. The van der Waals surface area contributed by atoms with Gasteiger partial charge in [-0.25, -0.2) is 9.55 Å². The lowest BCUT2D eigenvalue weighted by Gasteiger charge is -2.04. The normalized spacial score (nSPS) is 10.9. The summed E-state index contributed by atoms with van der Waals surface area (Å²) in [5, 5.41) is 12.1. The highest BCUT2D eigenvalue weighted by molar-refractivity contribution is 9.10. The summed E-state index contributed by atoms with van der Waals surface area (Å²) >= 11 is 3.39. The fourth-order valence-corrected chi connectivity index (χ4v) is 2.90. The van der Waals surface area contributed by atoms with Gasteiger partial charge in [-0.1, -0.05) is 40.2 Å². The number of aliphatic hydroxyl groups excluding tert-OH is 1. The molecule has 0 fully saturated rings. The molecule has 0 atom stereocenters. The van der Waals surface area contributed by atoms with Gasteiger partial charge in [-0.05, 0) is 24.3 Å². The van der Waals surface area contributed by atoms with E-state index < -0.39 is 0 Å². The Labute approximate surface area is 142 Å². The van der Waals surface area contributed by atoms with Crippen LogP contribution in [0.5, 0.6) is 0 Å². The van der Waals surface area contributed by atoms with Crippen molar-refractivity contribution in [1.29, 1.82) is 0 Å². The minimum absolute atomic E-state index is 0.0214. The van der Waals surface area contributed by atoms with Crippen LogP contribution < -0.4 is 9.88 Å². The van der Waals surface area contributed by atoms with Gasteiger partial charge in [0, 0.05) is 10.0 Å². The summed E-state index contributed by atoms with van der Waals surface area (Å²) in [6.45, 7) is 0.654. The first kappa shape index (κ1) is 15.7. The van der Waals surface area contributed by atoms with Gasteiger partial charge in [0.25, 0.3) is 0 Å². The number of ketones is 1. The summed E-state index contributed by atoms with van der Waals surface area (Å²) in [5.74, 6) is 0.733. The second kappa shape index (κ2) is 6.93. The van der Waals surface area contributed by atoms with Gasteiger partial charge in [-0.15, -0.1) is 0 Å². The number of aliphatic hydroxyl groups is 1. The number of anilines is 1. The van der Waals surface area contributed by atoms with Gasteiger partial charge in [0.1, 0.15) is 17.6 Å². The molecule has 0 unspecified atom stereocenters. The number of nitrogens with one attached hydrogen (secondary N) is 2. The summed E-state index contributed by atoms with van der Waals surface area (Å²) in [5.41, 5.74) is 2.54. The number of rotatable bonds is 6. The molecule has 118 valence electrons. The number of halogens is 1. The van der Waals surface area contributed by atoms with Crippen molar-refractivity contribution in [3.63, 3.8) is 0 Å². The smallest absolute Gasteiger partial charge is 0.356 e. The van der Waals surface area contributed by atoms with E-state index >= 15 is 0 Å². The maximum atomic E-state index is 12.6. The Morgan fingerprint density at radius 2 is 2.04 bits per heavy atom. The van der Waals surface area contributed by atoms with Crippen LogP contribution in [0, 0.1) is 0 Å². The van der Waals surface area contributed by atoms with Crippen LogP contribution in [0.25, 0.3) is 11.0 Å². The predicted octanol–water partition coefficient (Wildman–Crippen LogP) is 2.51. The number of para-hydroxylation sites is 2. The van der Waals surface area contributed by atoms with Gasteiger partial charge in [0.2, 0.25) is 0 Å². The molecule has 3 rings (SSSR count). The van der Waals surface area contributed by atoms with Crippen molar-refractivity contribution in [2.75, 3.05) is 18.5 Å². The third-order valence-corrected chi connectivity index (χ3v) is 4.06. The molecule has 0 amide bonds. The molecule has 3 N–H and O–H groups in total. The van der Waals surface area contributed by atoms with E-state index in [0.717, 1.165) is 15.5 Å². The van der Waals surface area contributed by atoms with Crippen molar-refractivity contribution in [3.05, 3.63) is 58.6 Å². The number of H-pyrrole nitrogens is 1. The van der Waals surface area contributed by atoms with Gasteiger partial charge >= 0.3 is 5.95 Å². The van der Waals surface area contributed by atoms with Crippen LogP contribution in [0.1, 0.15) is 10.4 Å². The second-order valence-electron chi connectivity index (χ2n) is 5.16. The molecule has 0 saturated heterocycles. The fourth-order valence-electron chi connectivity index (χ4n) is 2.51. The van der Waals surface area contributed by atoms with E-state index in [1.807, 2.05) is 53.1 Å². The van der Waals surface area contributed by atoms with Gasteiger partial charge in [-0.3, -0.25) is 10.1 Å². The van der Waals surface area contributed by atoms with Crippen LogP contribution in [0.4, 0.5) is 5.95 Å². The monoisotopic (exact) mass is 374 g/mol. The molecule has 1 heterocycles. The number of hydrogen-bond donors (Lipinski definition) is 3. The first-order valence-electron chi connectivity index (χ1n) is 7.33. The van der Waals surface area contributed by atoms with Crippen LogP contribution in [0.3, 0.4) is 0 Å². The Hall–Kier alpha value is -2.18. The molecule has 0 aliphatic carbocycles. The number of aromatic amines is 1. The number of nitrogens with zero attached hydrogens (tertiary/aromatic N) is 1. The molecule has 0 saturated carbocycles. The number of carbonyl (C=O) groups excluding carboxylic acids is 1. The van der Waals surface area contributed by atoms with E-state index in [-0.39, 0.29) is 18.9 Å². The zero-order valence-electron chi connectivity index (χ0n) is 12.4. The fraction of sp³-hybridized carbons (Fsp3) is 0.176. The average molecular weight is 375 g/mol. The number of fused-ring (bicyclic) bond motifs is 1. The van der Waals surface area contributed by atoms with Crippen molar-refractivity contribution >= 4 is 38.7 Å². The van der Waals surface area contributed by atoms with E-state index in [2.05, 4.69) is 26.2 Å². The topological polar surface area (TPSA) is 69.0 Å². The Kier molecular flexibility index (Phi) is 4.73. The van der Waals surface area contributed by atoms with Gasteiger partial charge in [0.15, 0.2) is 5.78 Å². The molecule has 6 heteroatoms. The van der Waals surface area contributed by atoms with Crippen LogP contribution in [0.15, 0.2) is 53.0 Å². The van der Waals surface area contributed by atoms with E-state index in [1.54, 1.807) is 0 Å². The Bertz CT molecular complexity index is 845. The molecule has 5 nitrogen and oxygen atoms in total. The number of hydrogen-bond acceptors (Lipinski definition) is 3. The highest BCUT2D eigenvalue weighted by Crippen LogP contribution is 2.15. The molecule has 0 bridgehead atoms. The highest BCUT2D eigenvalue weighted by Gasteiger charge is 2.20. The molecule has 0 spiro atoms. The Morgan fingerprint density at radius 1 is 1.22 bits per heavy atom. The number of carbonyl (C=O) groups is 1. The van der Waals surface area contributed by atoms with Crippen LogP contribution in [0.2, 0.25) is 0 Å². The summed E-state index contributed by atoms with van der Waals surface area (Å²) in [7, 11) is 0. The lowest BCUT2D eigenvalue weighted by Crippen LogP contribution is -2.40. The minimum atomic E-state index is 0.0214. The molecule has 3 aromatic rings. The van der Waals surface area contributed by atoms with Crippen LogP contribution in [-0.4, -0.2) is 29.0 Å². The van der Waals surface area contributed by atoms with E-state index in [9.17, 15) is 4.79 Å². The zero-order chi connectivity index (χ0) is 16.2. The van der Waals surface area contributed by atoms with Crippen molar-refractivity contribution < 1.29 is 14.5 Å². The number of benzene rings is 2. The molecular weight excluding hydrogens is 358 g/mol. The Morgan fingerprint density at radius 3 is 2.83 bits per heavy atom. The molecule has 0 aliphatic rings. The first-order chi connectivity index (χ1) is 11.2. The number of imidazole rings is 1.